The van der Waals surface area contributed by atoms with Crippen molar-refractivity contribution in [1.82, 2.24) is 14.9 Å². The Hall–Kier alpha value is -2.95. The number of methoxy groups -OCH3 is 1. The molecule has 166 valence electrons. The number of rotatable bonds is 8. The molecule has 1 atom stereocenters. The molecule has 1 saturated heterocycles. The summed E-state index contributed by atoms with van der Waals surface area (Å²) in [7, 11) is -2.17. The predicted octanol–water partition coefficient (Wildman–Crippen LogP) is 0.517. The second-order valence-electron chi connectivity index (χ2n) is 6.82. The lowest BCUT2D eigenvalue weighted by molar-refractivity contribution is -0.139. The van der Waals surface area contributed by atoms with Crippen LogP contribution >= 0.6 is 0 Å². The lowest BCUT2D eigenvalue weighted by atomic mass is 10.1. The Bertz CT molecular complexity index is 996. The van der Waals surface area contributed by atoms with Gasteiger partial charge in [-0.3, -0.25) is 9.59 Å². The van der Waals surface area contributed by atoms with Gasteiger partial charge in [-0.1, -0.05) is 30.3 Å². The molecule has 0 saturated carbocycles. The Balaban J connectivity index is 1.47. The number of hydrogen-bond acceptors (Lipinski definition) is 6. The van der Waals surface area contributed by atoms with Crippen molar-refractivity contribution in [3.05, 3.63) is 60.2 Å². The quantitative estimate of drug-likeness (QED) is 0.571. The molecule has 1 aliphatic heterocycles. The minimum Gasteiger partial charge on any atom is -0.497 e. The molecule has 2 N–H and O–H groups in total. The minimum atomic E-state index is -3.76. The summed E-state index contributed by atoms with van der Waals surface area (Å²) in [4.78, 5) is 24.3. The highest BCUT2D eigenvalue weighted by atomic mass is 32.2. The van der Waals surface area contributed by atoms with Crippen molar-refractivity contribution in [2.45, 2.75) is 17.5 Å². The SMILES string of the molecule is COc1ccc(CCNC(=O)C(=O)NC[C@H]2OCCN2S(=O)(=O)c2ccccc2)cc1. The van der Waals surface area contributed by atoms with Crippen molar-refractivity contribution in [2.75, 3.05) is 33.4 Å². The Morgan fingerprint density at radius 3 is 2.42 bits per heavy atom. The number of carbonyl (C=O) groups is 2. The van der Waals surface area contributed by atoms with Crippen LogP contribution in [0.25, 0.3) is 0 Å². The van der Waals surface area contributed by atoms with Crippen LogP contribution < -0.4 is 15.4 Å². The number of amides is 2. The summed E-state index contributed by atoms with van der Waals surface area (Å²) in [5.74, 6) is -0.893. The number of nitrogens with one attached hydrogen (secondary N) is 2. The zero-order valence-electron chi connectivity index (χ0n) is 17.1. The average molecular weight is 448 g/mol. The molecule has 0 radical (unpaired) electrons. The standard InChI is InChI=1S/C21H25N3O6S/c1-29-17-9-7-16(8-10-17)11-12-22-20(25)21(26)23-15-19-24(13-14-30-19)31(27,28)18-5-3-2-4-6-18/h2-10,19H,11-15H2,1H3,(H,22,25)(H,23,26)/t19-/m1/s1. The molecule has 0 bridgehead atoms. The molecule has 10 heteroatoms. The van der Waals surface area contributed by atoms with Crippen LogP contribution in [0.15, 0.2) is 59.5 Å². The Kier molecular flexibility index (Phi) is 7.61. The smallest absolute Gasteiger partial charge is 0.309 e. The third-order valence-electron chi connectivity index (χ3n) is 4.79. The van der Waals surface area contributed by atoms with E-state index >= 15 is 0 Å². The van der Waals surface area contributed by atoms with Gasteiger partial charge in [0.1, 0.15) is 12.0 Å². The molecular weight excluding hydrogens is 422 g/mol. The van der Waals surface area contributed by atoms with Crippen LogP contribution in [0.3, 0.4) is 0 Å². The fourth-order valence-corrected chi connectivity index (χ4v) is 4.65. The lowest BCUT2D eigenvalue weighted by Gasteiger charge is -2.22. The van der Waals surface area contributed by atoms with Crippen LogP contribution in [0.4, 0.5) is 0 Å². The van der Waals surface area contributed by atoms with E-state index in [4.69, 9.17) is 9.47 Å². The minimum absolute atomic E-state index is 0.128. The van der Waals surface area contributed by atoms with E-state index in [2.05, 4.69) is 10.6 Å². The van der Waals surface area contributed by atoms with Crippen LogP contribution in [-0.4, -0.2) is 64.1 Å². The van der Waals surface area contributed by atoms with E-state index < -0.39 is 28.1 Å². The summed E-state index contributed by atoms with van der Waals surface area (Å²) in [5.41, 5.74) is 0.989. The molecule has 0 aromatic heterocycles. The molecule has 3 rings (SSSR count). The van der Waals surface area contributed by atoms with E-state index in [1.807, 2.05) is 24.3 Å². The molecule has 0 aliphatic carbocycles. The van der Waals surface area contributed by atoms with Crippen LogP contribution in [0, 0.1) is 0 Å². The molecule has 9 nitrogen and oxygen atoms in total. The van der Waals surface area contributed by atoms with Gasteiger partial charge in [0.2, 0.25) is 10.0 Å². The van der Waals surface area contributed by atoms with Crippen molar-refractivity contribution in [1.29, 1.82) is 0 Å². The van der Waals surface area contributed by atoms with E-state index in [0.717, 1.165) is 11.3 Å². The first-order valence-electron chi connectivity index (χ1n) is 9.79. The zero-order chi connectivity index (χ0) is 22.3. The Morgan fingerprint density at radius 1 is 1.06 bits per heavy atom. The number of nitrogens with zero attached hydrogens (tertiary/aromatic N) is 1. The first kappa shape index (κ1) is 22.7. The first-order chi connectivity index (χ1) is 14.9. The van der Waals surface area contributed by atoms with Crippen molar-refractivity contribution < 1.29 is 27.5 Å². The van der Waals surface area contributed by atoms with E-state index in [1.54, 1.807) is 25.3 Å². The molecule has 2 aromatic rings. The molecule has 2 aromatic carbocycles. The zero-order valence-corrected chi connectivity index (χ0v) is 17.9. The van der Waals surface area contributed by atoms with Gasteiger partial charge in [-0.15, -0.1) is 0 Å². The summed E-state index contributed by atoms with van der Waals surface area (Å²) < 4.78 is 37.3. The van der Waals surface area contributed by atoms with Crippen LogP contribution in [-0.2, 0) is 30.8 Å². The summed E-state index contributed by atoms with van der Waals surface area (Å²) in [6, 6.07) is 15.4. The van der Waals surface area contributed by atoms with E-state index in [-0.39, 0.29) is 31.1 Å². The molecule has 0 spiro atoms. The van der Waals surface area contributed by atoms with Crippen molar-refractivity contribution in [3.8, 4) is 5.75 Å². The Labute approximate surface area is 181 Å². The highest BCUT2D eigenvalue weighted by molar-refractivity contribution is 7.89. The van der Waals surface area contributed by atoms with Gasteiger partial charge in [-0.05, 0) is 36.2 Å². The fourth-order valence-electron chi connectivity index (χ4n) is 3.12. The van der Waals surface area contributed by atoms with Crippen LogP contribution in [0.2, 0.25) is 0 Å². The van der Waals surface area contributed by atoms with Crippen LogP contribution in [0.5, 0.6) is 5.75 Å². The molecule has 1 aliphatic rings. The molecule has 31 heavy (non-hydrogen) atoms. The van der Waals surface area contributed by atoms with Crippen molar-refractivity contribution >= 4 is 21.8 Å². The third kappa shape index (κ3) is 5.81. The molecule has 1 heterocycles. The topological polar surface area (TPSA) is 114 Å². The van der Waals surface area contributed by atoms with Crippen LogP contribution in [0.1, 0.15) is 5.56 Å². The van der Waals surface area contributed by atoms with E-state index in [0.29, 0.717) is 6.42 Å². The molecule has 1 fully saturated rings. The number of carbonyl (C=O) groups excluding carboxylic acids is 2. The maximum Gasteiger partial charge on any atom is 0.309 e. The van der Waals surface area contributed by atoms with Crippen molar-refractivity contribution in [3.63, 3.8) is 0 Å². The highest BCUT2D eigenvalue weighted by Crippen LogP contribution is 2.21. The molecule has 2 amide bonds. The lowest BCUT2D eigenvalue weighted by Crippen LogP contribution is -2.47. The highest BCUT2D eigenvalue weighted by Gasteiger charge is 2.36. The number of sulfonamides is 1. The van der Waals surface area contributed by atoms with Gasteiger partial charge >= 0.3 is 11.8 Å². The first-order valence-corrected chi connectivity index (χ1v) is 11.2. The maximum absolute atomic E-state index is 12.8. The van der Waals surface area contributed by atoms with Gasteiger partial charge < -0.3 is 20.1 Å². The second-order valence-corrected chi connectivity index (χ2v) is 8.71. The van der Waals surface area contributed by atoms with Gasteiger partial charge in [0.25, 0.3) is 0 Å². The normalized spacial score (nSPS) is 16.6. The van der Waals surface area contributed by atoms with Gasteiger partial charge in [-0.2, -0.15) is 4.31 Å². The molecular formula is C21H25N3O6S. The number of ether oxygens (including phenoxy) is 2. The van der Waals surface area contributed by atoms with Gasteiger partial charge in [0.15, 0.2) is 0 Å². The van der Waals surface area contributed by atoms with Gasteiger partial charge in [0.05, 0.1) is 25.2 Å². The summed E-state index contributed by atoms with van der Waals surface area (Å²) >= 11 is 0. The summed E-state index contributed by atoms with van der Waals surface area (Å²) in [6.45, 7) is 0.538. The second kappa shape index (κ2) is 10.4. The summed E-state index contributed by atoms with van der Waals surface area (Å²) in [5, 5.41) is 4.99. The van der Waals surface area contributed by atoms with Gasteiger partial charge in [-0.25, -0.2) is 8.42 Å². The molecule has 0 unspecified atom stereocenters. The fraction of sp³-hybridized carbons (Fsp3) is 0.333. The monoisotopic (exact) mass is 447 g/mol. The van der Waals surface area contributed by atoms with E-state index in [9.17, 15) is 18.0 Å². The predicted molar refractivity (Wildman–Crippen MR) is 113 cm³/mol. The third-order valence-corrected chi connectivity index (χ3v) is 6.70. The number of hydrogen-bond donors (Lipinski definition) is 2. The van der Waals surface area contributed by atoms with E-state index in [1.165, 1.54) is 16.4 Å². The van der Waals surface area contributed by atoms with Crippen molar-refractivity contribution in [2.24, 2.45) is 0 Å². The van der Waals surface area contributed by atoms with Gasteiger partial charge in [0, 0.05) is 13.1 Å². The number of benzene rings is 2. The summed E-state index contributed by atoms with van der Waals surface area (Å²) in [6.07, 6.45) is -0.320. The Morgan fingerprint density at radius 2 is 1.74 bits per heavy atom. The largest absolute Gasteiger partial charge is 0.497 e. The average Bonchev–Trinajstić information content (AvgIpc) is 3.28. The maximum atomic E-state index is 12.8.